The van der Waals surface area contributed by atoms with Crippen LogP contribution in [0.25, 0.3) is 0 Å². The maximum Gasteiger partial charge on any atom is 0.240 e. The van der Waals surface area contributed by atoms with E-state index < -0.39 is 10.0 Å². The van der Waals surface area contributed by atoms with Crippen molar-refractivity contribution in [2.75, 3.05) is 11.9 Å². The standard InChI is InChI=1S/C20H27N3O5S/c1-13(2)22-29(27,28)15-9-7-14(8-10-15)21-18(24)11-12-23-19(25)16-5-3-4-6-17(16)20(23)26/h7-10,13,16-17,22H,3-6,11-12H2,1-2H3,(H,21,24)/t16-,17-/m1/s1. The van der Waals surface area contributed by atoms with E-state index in [1.54, 1.807) is 13.8 Å². The summed E-state index contributed by atoms with van der Waals surface area (Å²) in [5, 5.41) is 2.67. The second-order valence-corrected chi connectivity index (χ2v) is 9.64. The van der Waals surface area contributed by atoms with Gasteiger partial charge in [-0.1, -0.05) is 12.8 Å². The molecule has 2 aliphatic rings. The van der Waals surface area contributed by atoms with Crippen LogP contribution in [0.1, 0.15) is 46.0 Å². The Morgan fingerprint density at radius 1 is 1.07 bits per heavy atom. The molecular formula is C20H27N3O5S. The summed E-state index contributed by atoms with van der Waals surface area (Å²) in [4.78, 5) is 38.5. The number of carbonyl (C=O) groups excluding carboxylic acids is 3. The molecule has 158 valence electrons. The van der Waals surface area contributed by atoms with E-state index in [0.29, 0.717) is 5.69 Å². The molecule has 3 rings (SSSR count). The average molecular weight is 422 g/mol. The molecule has 9 heteroatoms. The zero-order valence-corrected chi connectivity index (χ0v) is 17.5. The SMILES string of the molecule is CC(C)NS(=O)(=O)c1ccc(NC(=O)CCN2C(=O)[C@@H]3CCCC[C@H]3C2=O)cc1. The van der Waals surface area contributed by atoms with Crippen LogP contribution in [0.2, 0.25) is 0 Å². The summed E-state index contributed by atoms with van der Waals surface area (Å²) < 4.78 is 26.7. The fourth-order valence-corrected chi connectivity index (χ4v) is 5.24. The van der Waals surface area contributed by atoms with Gasteiger partial charge in [-0.15, -0.1) is 0 Å². The van der Waals surface area contributed by atoms with Gasteiger partial charge in [-0.25, -0.2) is 13.1 Å². The Hall–Kier alpha value is -2.26. The van der Waals surface area contributed by atoms with Gasteiger partial charge < -0.3 is 5.32 Å². The number of hydrogen-bond acceptors (Lipinski definition) is 5. The number of sulfonamides is 1. The lowest BCUT2D eigenvalue weighted by molar-refractivity contribution is -0.140. The number of amides is 3. The van der Waals surface area contributed by atoms with Gasteiger partial charge in [-0.3, -0.25) is 19.3 Å². The molecule has 29 heavy (non-hydrogen) atoms. The molecule has 2 atom stereocenters. The van der Waals surface area contributed by atoms with Crippen LogP contribution in [0.4, 0.5) is 5.69 Å². The molecule has 2 fully saturated rings. The number of nitrogens with one attached hydrogen (secondary N) is 2. The number of anilines is 1. The summed E-state index contributed by atoms with van der Waals surface area (Å²) in [5.74, 6) is -1.07. The fourth-order valence-electron chi connectivity index (χ4n) is 3.98. The first kappa shape index (κ1) is 21.4. The van der Waals surface area contributed by atoms with E-state index in [0.717, 1.165) is 25.7 Å². The van der Waals surface area contributed by atoms with Crippen molar-refractivity contribution < 1.29 is 22.8 Å². The topological polar surface area (TPSA) is 113 Å². The van der Waals surface area contributed by atoms with Crippen molar-refractivity contribution in [2.24, 2.45) is 11.8 Å². The van der Waals surface area contributed by atoms with Crippen LogP contribution in [0, 0.1) is 11.8 Å². The number of carbonyl (C=O) groups is 3. The minimum atomic E-state index is -3.59. The van der Waals surface area contributed by atoms with Gasteiger partial charge in [0.15, 0.2) is 0 Å². The first-order valence-electron chi connectivity index (χ1n) is 9.96. The summed E-state index contributed by atoms with van der Waals surface area (Å²) in [6, 6.07) is 5.62. The summed E-state index contributed by atoms with van der Waals surface area (Å²) >= 11 is 0. The predicted molar refractivity (Wildman–Crippen MR) is 107 cm³/mol. The Kier molecular flexibility index (Phi) is 6.38. The average Bonchev–Trinajstić information content (AvgIpc) is 2.90. The highest BCUT2D eigenvalue weighted by molar-refractivity contribution is 7.89. The van der Waals surface area contributed by atoms with Crippen LogP contribution >= 0.6 is 0 Å². The van der Waals surface area contributed by atoms with Gasteiger partial charge in [0.1, 0.15) is 0 Å². The zero-order chi connectivity index (χ0) is 21.2. The lowest BCUT2D eigenvalue weighted by atomic mass is 9.81. The Morgan fingerprint density at radius 2 is 1.62 bits per heavy atom. The van der Waals surface area contributed by atoms with Gasteiger partial charge >= 0.3 is 0 Å². The molecule has 1 aliphatic carbocycles. The van der Waals surface area contributed by atoms with Crippen LogP contribution in [-0.2, 0) is 24.4 Å². The lowest BCUT2D eigenvalue weighted by Crippen LogP contribution is -2.34. The van der Waals surface area contributed by atoms with Gasteiger partial charge in [0.2, 0.25) is 27.7 Å². The third-order valence-electron chi connectivity index (χ3n) is 5.33. The highest BCUT2D eigenvalue weighted by atomic mass is 32.2. The molecule has 0 aromatic heterocycles. The molecule has 3 amide bonds. The lowest BCUT2D eigenvalue weighted by Gasteiger charge is -2.19. The molecule has 0 bridgehead atoms. The van der Waals surface area contributed by atoms with Crippen molar-refractivity contribution in [1.29, 1.82) is 0 Å². The highest BCUT2D eigenvalue weighted by Crippen LogP contribution is 2.37. The van der Waals surface area contributed by atoms with E-state index >= 15 is 0 Å². The molecule has 0 spiro atoms. The number of rotatable bonds is 7. The monoisotopic (exact) mass is 421 g/mol. The molecule has 1 saturated heterocycles. The molecule has 0 unspecified atom stereocenters. The van der Waals surface area contributed by atoms with Crippen molar-refractivity contribution in [3.8, 4) is 0 Å². The van der Waals surface area contributed by atoms with Crippen molar-refractivity contribution in [3.63, 3.8) is 0 Å². The van der Waals surface area contributed by atoms with Crippen LogP contribution in [-0.4, -0.2) is 43.6 Å². The van der Waals surface area contributed by atoms with Gasteiger partial charge in [-0.2, -0.15) is 0 Å². The Labute approximate surface area is 171 Å². The largest absolute Gasteiger partial charge is 0.326 e. The van der Waals surface area contributed by atoms with E-state index in [2.05, 4.69) is 10.0 Å². The molecule has 1 saturated carbocycles. The van der Waals surface area contributed by atoms with Crippen molar-refractivity contribution in [3.05, 3.63) is 24.3 Å². The maximum atomic E-state index is 12.4. The van der Waals surface area contributed by atoms with Gasteiger partial charge in [-0.05, 0) is 51.0 Å². The first-order chi connectivity index (χ1) is 13.7. The van der Waals surface area contributed by atoms with Gasteiger partial charge in [0.25, 0.3) is 0 Å². The van der Waals surface area contributed by atoms with Crippen molar-refractivity contribution >= 4 is 33.4 Å². The smallest absolute Gasteiger partial charge is 0.240 e. The highest BCUT2D eigenvalue weighted by Gasteiger charge is 2.47. The minimum Gasteiger partial charge on any atom is -0.326 e. The van der Waals surface area contributed by atoms with E-state index in [4.69, 9.17) is 0 Å². The van der Waals surface area contributed by atoms with Crippen LogP contribution < -0.4 is 10.0 Å². The first-order valence-corrected chi connectivity index (χ1v) is 11.4. The number of nitrogens with zero attached hydrogens (tertiary/aromatic N) is 1. The van der Waals surface area contributed by atoms with Gasteiger partial charge in [0.05, 0.1) is 16.7 Å². The van der Waals surface area contributed by atoms with E-state index in [1.165, 1.54) is 29.2 Å². The van der Waals surface area contributed by atoms with Crippen LogP contribution in [0.15, 0.2) is 29.2 Å². The molecule has 0 radical (unpaired) electrons. The zero-order valence-electron chi connectivity index (χ0n) is 16.7. The number of likely N-dealkylation sites (tertiary alicyclic amines) is 1. The third-order valence-corrected chi connectivity index (χ3v) is 7.01. The summed E-state index contributed by atoms with van der Waals surface area (Å²) in [5.41, 5.74) is 0.450. The second-order valence-electron chi connectivity index (χ2n) is 7.92. The fraction of sp³-hybridized carbons (Fsp3) is 0.550. The summed E-state index contributed by atoms with van der Waals surface area (Å²) in [7, 11) is -3.59. The quantitative estimate of drug-likeness (QED) is 0.653. The van der Waals surface area contributed by atoms with Crippen molar-refractivity contribution in [1.82, 2.24) is 9.62 Å². The normalized spacial score (nSPS) is 22.1. The number of hydrogen-bond donors (Lipinski definition) is 2. The van der Waals surface area contributed by atoms with Gasteiger partial charge in [0, 0.05) is 24.7 Å². The van der Waals surface area contributed by atoms with Crippen LogP contribution in [0.5, 0.6) is 0 Å². The number of fused-ring (bicyclic) bond motifs is 1. The predicted octanol–water partition coefficient (Wildman–Crippen LogP) is 1.88. The maximum absolute atomic E-state index is 12.4. The third kappa shape index (κ3) is 4.84. The van der Waals surface area contributed by atoms with E-state index in [9.17, 15) is 22.8 Å². The van der Waals surface area contributed by atoms with E-state index in [1.807, 2.05) is 0 Å². The Morgan fingerprint density at radius 3 is 2.14 bits per heavy atom. The van der Waals surface area contributed by atoms with E-state index in [-0.39, 0.29) is 53.5 Å². The van der Waals surface area contributed by atoms with Crippen LogP contribution in [0.3, 0.4) is 0 Å². The molecule has 1 aromatic carbocycles. The molecule has 8 nitrogen and oxygen atoms in total. The number of imide groups is 1. The minimum absolute atomic E-state index is 0.00583. The second kappa shape index (κ2) is 8.62. The summed E-state index contributed by atoms with van der Waals surface area (Å²) in [6.45, 7) is 3.54. The molecule has 1 heterocycles. The summed E-state index contributed by atoms with van der Waals surface area (Å²) in [6.07, 6.45) is 3.43. The molecule has 2 N–H and O–H groups in total. The van der Waals surface area contributed by atoms with Crippen molar-refractivity contribution in [2.45, 2.75) is 56.9 Å². The molecule has 1 aliphatic heterocycles. The number of benzene rings is 1. The Balaban J connectivity index is 1.55. The molecular weight excluding hydrogens is 394 g/mol. The molecule has 1 aromatic rings. The Bertz CT molecular complexity index is 871.